The van der Waals surface area contributed by atoms with Gasteiger partial charge in [-0.15, -0.1) is 5.10 Å². The number of aliphatic carboxylic acids is 1. The Bertz CT molecular complexity index is 399. The third kappa shape index (κ3) is 3.74. The van der Waals surface area contributed by atoms with Gasteiger partial charge in [-0.05, 0) is 13.8 Å². The molecule has 0 atom stereocenters. The van der Waals surface area contributed by atoms with E-state index < -0.39 is 5.97 Å². The Balaban J connectivity index is 2.59. The van der Waals surface area contributed by atoms with E-state index >= 15 is 0 Å². The first-order valence-electron chi connectivity index (χ1n) is 5.24. The molecule has 1 heterocycles. The molecule has 1 aromatic heterocycles. The molecule has 0 bridgehead atoms. The molecule has 2 N–H and O–H groups in total. The van der Waals surface area contributed by atoms with Crippen LogP contribution in [0.4, 0.5) is 10.6 Å². The van der Waals surface area contributed by atoms with Gasteiger partial charge in [-0.2, -0.15) is 9.90 Å². The number of carboxylic acid groups (broad SMARTS) is 1. The van der Waals surface area contributed by atoms with Crippen LogP contribution in [0, 0.1) is 0 Å². The van der Waals surface area contributed by atoms with Gasteiger partial charge >= 0.3 is 12.0 Å². The van der Waals surface area contributed by atoms with Crippen LogP contribution in [-0.4, -0.2) is 50.1 Å². The number of carbonyl (C=O) groups excluding carboxylic acids is 1. The van der Waals surface area contributed by atoms with Crippen LogP contribution >= 0.6 is 0 Å². The molecule has 0 saturated carbocycles. The summed E-state index contributed by atoms with van der Waals surface area (Å²) in [5.74, 6) is -0.801. The van der Waals surface area contributed by atoms with Crippen LogP contribution in [0.2, 0.25) is 0 Å². The van der Waals surface area contributed by atoms with Gasteiger partial charge in [-0.1, -0.05) is 0 Å². The number of hydrogen-bond donors (Lipinski definition) is 2. The predicted molar refractivity (Wildman–Crippen MR) is 59.6 cm³/mol. The molecule has 0 saturated heterocycles. The van der Waals surface area contributed by atoms with Gasteiger partial charge in [0.05, 0.1) is 6.20 Å². The average Bonchev–Trinajstić information content (AvgIpc) is 2.66. The fraction of sp³-hybridized carbons (Fsp3) is 0.556. The topological polar surface area (TPSA) is 100 Å². The van der Waals surface area contributed by atoms with Gasteiger partial charge in [-0.25, -0.2) is 4.79 Å². The number of carbonyl (C=O) groups is 2. The summed E-state index contributed by atoms with van der Waals surface area (Å²) in [6.45, 7) is 4.58. The number of nitrogens with zero attached hydrogens (tertiary/aromatic N) is 4. The lowest BCUT2D eigenvalue weighted by molar-refractivity contribution is -0.138. The molecule has 0 radical (unpaired) electrons. The molecule has 94 valence electrons. The summed E-state index contributed by atoms with van der Waals surface area (Å²) in [6.07, 6.45) is 1.31. The summed E-state index contributed by atoms with van der Waals surface area (Å²) in [7, 11) is 0. The summed E-state index contributed by atoms with van der Waals surface area (Å²) in [6, 6.07) is -0.280. The molecule has 0 fully saturated rings. The van der Waals surface area contributed by atoms with Crippen molar-refractivity contribution in [3.63, 3.8) is 0 Å². The molecule has 8 heteroatoms. The van der Waals surface area contributed by atoms with E-state index in [1.807, 2.05) is 13.8 Å². The van der Waals surface area contributed by atoms with Crippen LogP contribution < -0.4 is 5.32 Å². The Morgan fingerprint density at radius 2 is 2.12 bits per heavy atom. The average molecular weight is 241 g/mol. The number of aromatic nitrogens is 3. The smallest absolute Gasteiger partial charge is 0.327 e. The van der Waals surface area contributed by atoms with Gasteiger partial charge in [0.25, 0.3) is 0 Å². The van der Waals surface area contributed by atoms with Crippen molar-refractivity contribution in [3.05, 3.63) is 6.20 Å². The van der Waals surface area contributed by atoms with E-state index in [0.29, 0.717) is 13.1 Å². The van der Waals surface area contributed by atoms with Crippen LogP contribution in [0.25, 0.3) is 0 Å². The number of nitrogens with one attached hydrogen (secondary N) is 1. The Labute approximate surface area is 98.2 Å². The quantitative estimate of drug-likeness (QED) is 0.768. The summed E-state index contributed by atoms with van der Waals surface area (Å²) in [4.78, 5) is 24.6. The third-order valence-corrected chi connectivity index (χ3v) is 2.10. The zero-order valence-corrected chi connectivity index (χ0v) is 9.75. The molecule has 0 spiro atoms. The predicted octanol–water partition coefficient (Wildman–Crippen LogP) is 0.236. The van der Waals surface area contributed by atoms with Gasteiger partial charge in [-0.3, -0.25) is 10.1 Å². The molecule has 0 aliphatic heterocycles. The van der Waals surface area contributed by atoms with Gasteiger partial charge in [0.15, 0.2) is 12.4 Å². The minimum absolute atomic E-state index is 0.239. The van der Waals surface area contributed by atoms with Crippen molar-refractivity contribution in [3.8, 4) is 0 Å². The fourth-order valence-electron chi connectivity index (χ4n) is 1.25. The molecule has 0 aromatic carbocycles. The Hall–Kier alpha value is -2.12. The fourth-order valence-corrected chi connectivity index (χ4v) is 1.25. The van der Waals surface area contributed by atoms with Crippen molar-refractivity contribution < 1.29 is 14.7 Å². The second-order valence-corrected chi connectivity index (χ2v) is 3.26. The van der Waals surface area contributed by atoms with E-state index in [2.05, 4.69) is 15.5 Å². The van der Waals surface area contributed by atoms with Crippen LogP contribution in [0.15, 0.2) is 6.20 Å². The van der Waals surface area contributed by atoms with Gasteiger partial charge < -0.3 is 10.0 Å². The lowest BCUT2D eigenvalue weighted by Crippen LogP contribution is -2.34. The summed E-state index contributed by atoms with van der Waals surface area (Å²) < 4.78 is 0. The van der Waals surface area contributed by atoms with Crippen molar-refractivity contribution >= 4 is 17.8 Å². The van der Waals surface area contributed by atoms with E-state index in [4.69, 9.17) is 5.11 Å². The maximum Gasteiger partial charge on any atom is 0.327 e. The second-order valence-electron chi connectivity index (χ2n) is 3.26. The lowest BCUT2D eigenvalue weighted by Gasteiger charge is -2.17. The zero-order chi connectivity index (χ0) is 12.8. The van der Waals surface area contributed by atoms with Crippen LogP contribution in [0.3, 0.4) is 0 Å². The summed E-state index contributed by atoms with van der Waals surface area (Å²) >= 11 is 0. The molecule has 17 heavy (non-hydrogen) atoms. The molecule has 8 nitrogen and oxygen atoms in total. The molecule has 1 rings (SSSR count). The first kappa shape index (κ1) is 12.9. The Morgan fingerprint density at radius 1 is 1.47 bits per heavy atom. The third-order valence-electron chi connectivity index (χ3n) is 2.10. The molecule has 1 aromatic rings. The van der Waals surface area contributed by atoms with Crippen molar-refractivity contribution in [1.82, 2.24) is 19.9 Å². The minimum Gasteiger partial charge on any atom is -0.480 e. The summed E-state index contributed by atoms with van der Waals surface area (Å²) in [5, 5.41) is 18.6. The molecular weight excluding hydrogens is 226 g/mol. The minimum atomic E-state index is -1.04. The van der Waals surface area contributed by atoms with Crippen molar-refractivity contribution in [2.75, 3.05) is 18.4 Å². The van der Waals surface area contributed by atoms with Crippen LogP contribution in [0.5, 0.6) is 0 Å². The van der Waals surface area contributed by atoms with Gasteiger partial charge in [0.1, 0.15) is 0 Å². The van der Waals surface area contributed by atoms with Gasteiger partial charge in [0.2, 0.25) is 0 Å². The van der Waals surface area contributed by atoms with E-state index in [-0.39, 0.29) is 18.4 Å². The highest BCUT2D eigenvalue weighted by Crippen LogP contribution is 2.01. The number of anilines is 1. The van der Waals surface area contributed by atoms with Gasteiger partial charge in [0, 0.05) is 13.1 Å². The first-order chi connectivity index (χ1) is 8.06. The highest BCUT2D eigenvalue weighted by Gasteiger charge is 2.11. The number of hydrogen-bond acceptors (Lipinski definition) is 4. The van der Waals surface area contributed by atoms with Crippen LogP contribution in [0.1, 0.15) is 13.8 Å². The Morgan fingerprint density at radius 3 is 2.65 bits per heavy atom. The lowest BCUT2D eigenvalue weighted by atomic mass is 10.5. The van der Waals surface area contributed by atoms with Crippen LogP contribution in [-0.2, 0) is 11.3 Å². The number of rotatable bonds is 5. The SMILES string of the molecule is CCN(CC)C(=O)Nc1cnn(CC(=O)O)n1. The maximum atomic E-state index is 11.6. The number of urea groups is 1. The molecular formula is C9H15N5O3. The normalized spacial score (nSPS) is 10.0. The van der Waals surface area contributed by atoms with E-state index in [1.54, 1.807) is 4.90 Å². The Kier molecular flexibility index (Phi) is 4.44. The standard InChI is InChI=1S/C9H15N5O3/c1-3-13(4-2)9(17)11-7-5-10-14(12-7)6-8(15)16/h5H,3-4,6H2,1-2H3,(H,15,16)(H,11,12,17). The maximum absolute atomic E-state index is 11.6. The molecule has 0 aliphatic rings. The highest BCUT2D eigenvalue weighted by molar-refractivity contribution is 5.88. The zero-order valence-electron chi connectivity index (χ0n) is 9.75. The molecule has 0 unspecified atom stereocenters. The number of amides is 2. The molecule has 0 aliphatic carbocycles. The molecule has 2 amide bonds. The first-order valence-corrected chi connectivity index (χ1v) is 5.24. The summed E-state index contributed by atoms with van der Waals surface area (Å²) in [5.41, 5.74) is 0. The highest BCUT2D eigenvalue weighted by atomic mass is 16.4. The van der Waals surface area contributed by atoms with Crippen molar-refractivity contribution in [1.29, 1.82) is 0 Å². The monoisotopic (exact) mass is 241 g/mol. The second kappa shape index (κ2) is 5.83. The van der Waals surface area contributed by atoms with Crippen molar-refractivity contribution in [2.45, 2.75) is 20.4 Å². The largest absolute Gasteiger partial charge is 0.480 e. The number of carboxylic acids is 1. The van der Waals surface area contributed by atoms with E-state index in [1.165, 1.54) is 6.20 Å². The van der Waals surface area contributed by atoms with Crippen molar-refractivity contribution in [2.24, 2.45) is 0 Å². The van der Waals surface area contributed by atoms with E-state index in [0.717, 1.165) is 4.80 Å². The van der Waals surface area contributed by atoms with E-state index in [9.17, 15) is 9.59 Å².